The van der Waals surface area contributed by atoms with Gasteiger partial charge < -0.3 is 25.0 Å². The molecule has 1 aliphatic heterocycles. The van der Waals surface area contributed by atoms with Crippen LogP contribution in [-0.4, -0.2) is 54.4 Å². The van der Waals surface area contributed by atoms with Gasteiger partial charge in [-0.3, -0.25) is 4.99 Å². The highest BCUT2D eigenvalue weighted by molar-refractivity contribution is 6.05. The van der Waals surface area contributed by atoms with Gasteiger partial charge in [-0.1, -0.05) is 0 Å². The highest BCUT2D eigenvalue weighted by Crippen LogP contribution is 2.26. The largest absolute Gasteiger partial charge is 0.507 e. The van der Waals surface area contributed by atoms with Crippen LogP contribution in [0.4, 0.5) is 0 Å². The second kappa shape index (κ2) is 6.01. The lowest BCUT2D eigenvalue weighted by atomic mass is 10.0. The molecule has 7 heteroatoms. The minimum absolute atomic E-state index is 0.0224. The molecule has 0 spiro atoms. The summed E-state index contributed by atoms with van der Waals surface area (Å²) < 4.78 is 10.3. The van der Waals surface area contributed by atoms with E-state index in [4.69, 9.17) is 14.6 Å². The number of amidine groups is 1. The number of nitrogens with zero attached hydrogens (tertiary/aromatic N) is 1. The molecular formula is C14H18N2O5. The molecule has 0 aromatic heterocycles. The molecule has 0 amide bonds. The van der Waals surface area contributed by atoms with E-state index in [0.717, 1.165) is 0 Å². The Hall–Kier alpha value is -2.28. The number of phenolic OH excluding ortho intramolecular Hbond substituents is 1. The smallest absolute Gasteiger partial charge is 0.331 e. The zero-order valence-electron chi connectivity index (χ0n) is 11.9. The number of aromatic hydroxyl groups is 1. The van der Waals surface area contributed by atoms with Crippen LogP contribution in [0, 0.1) is 0 Å². The summed E-state index contributed by atoms with van der Waals surface area (Å²) in [6.45, 7) is 2.49. The molecule has 2 rings (SSSR count). The number of hydrogen-bond donors (Lipinski definition) is 3. The number of methoxy groups -OCH3 is 1. The second-order valence-electron chi connectivity index (χ2n) is 4.95. The first kappa shape index (κ1) is 15.1. The molecule has 1 atom stereocenters. The molecule has 1 aliphatic rings. The van der Waals surface area contributed by atoms with Crippen LogP contribution in [0.15, 0.2) is 23.2 Å². The van der Waals surface area contributed by atoms with Crippen molar-refractivity contribution < 1.29 is 24.5 Å². The minimum Gasteiger partial charge on any atom is -0.507 e. The fourth-order valence-corrected chi connectivity index (χ4v) is 1.90. The second-order valence-corrected chi connectivity index (χ2v) is 4.95. The predicted octanol–water partition coefficient (Wildman–Crippen LogP) is 0.611. The monoisotopic (exact) mass is 294 g/mol. The summed E-state index contributed by atoms with van der Waals surface area (Å²) in [4.78, 5) is 15.3. The topological polar surface area (TPSA) is 100 Å². The van der Waals surface area contributed by atoms with Crippen LogP contribution < -0.4 is 10.1 Å². The molecule has 0 bridgehead atoms. The van der Waals surface area contributed by atoms with E-state index >= 15 is 0 Å². The molecule has 0 saturated heterocycles. The Balaban J connectivity index is 2.10. The van der Waals surface area contributed by atoms with E-state index in [1.165, 1.54) is 6.07 Å². The van der Waals surface area contributed by atoms with Crippen molar-refractivity contribution in [1.29, 1.82) is 0 Å². The first-order chi connectivity index (χ1) is 9.96. The normalized spacial score (nSPS) is 20.8. The van der Waals surface area contributed by atoms with Crippen LogP contribution >= 0.6 is 0 Å². The third-order valence-electron chi connectivity index (χ3n) is 3.20. The number of aliphatic imine (C=N–C) groups is 1. The van der Waals surface area contributed by atoms with Gasteiger partial charge in [-0.05, 0) is 19.1 Å². The number of carbonyl (C=O) groups is 1. The molecule has 114 valence electrons. The Bertz CT molecular complexity index is 572. The van der Waals surface area contributed by atoms with E-state index < -0.39 is 11.5 Å². The quantitative estimate of drug-likeness (QED) is 0.665. The van der Waals surface area contributed by atoms with E-state index in [9.17, 15) is 9.90 Å². The number of carboxylic acids is 1. The molecule has 1 aromatic rings. The summed E-state index contributed by atoms with van der Waals surface area (Å²) in [6, 6.07) is 4.79. The fraction of sp³-hybridized carbons (Fsp3) is 0.429. The lowest BCUT2D eigenvalue weighted by Gasteiger charge is -2.19. The molecule has 0 radical (unpaired) electrons. The average Bonchev–Trinajstić information content (AvgIpc) is 2.83. The zero-order valence-corrected chi connectivity index (χ0v) is 11.9. The predicted molar refractivity (Wildman–Crippen MR) is 76.1 cm³/mol. The van der Waals surface area contributed by atoms with Gasteiger partial charge in [0.2, 0.25) is 0 Å². The number of ether oxygens (including phenoxy) is 2. The Morgan fingerprint density at radius 3 is 2.81 bits per heavy atom. The van der Waals surface area contributed by atoms with Gasteiger partial charge in [-0.15, -0.1) is 0 Å². The maximum Gasteiger partial charge on any atom is 0.331 e. The van der Waals surface area contributed by atoms with E-state index in [1.807, 2.05) is 0 Å². The van der Waals surface area contributed by atoms with Crippen LogP contribution in [0.5, 0.6) is 11.5 Å². The molecule has 0 saturated carbocycles. The number of carboxylic acid groups (broad SMARTS) is 1. The van der Waals surface area contributed by atoms with Crippen LogP contribution in [0.25, 0.3) is 0 Å². The van der Waals surface area contributed by atoms with Crippen molar-refractivity contribution in [2.24, 2.45) is 4.99 Å². The van der Waals surface area contributed by atoms with Crippen molar-refractivity contribution in [2.75, 3.05) is 26.9 Å². The highest BCUT2D eigenvalue weighted by Gasteiger charge is 2.38. The van der Waals surface area contributed by atoms with Gasteiger partial charge >= 0.3 is 5.97 Å². The van der Waals surface area contributed by atoms with Crippen molar-refractivity contribution in [1.82, 2.24) is 5.32 Å². The summed E-state index contributed by atoms with van der Waals surface area (Å²) in [5, 5.41) is 22.0. The fourth-order valence-electron chi connectivity index (χ4n) is 1.90. The number of hydrogen-bond acceptors (Lipinski definition) is 6. The van der Waals surface area contributed by atoms with Crippen molar-refractivity contribution in [3.63, 3.8) is 0 Å². The lowest BCUT2D eigenvalue weighted by Crippen LogP contribution is -2.50. The molecule has 7 nitrogen and oxygen atoms in total. The third-order valence-corrected chi connectivity index (χ3v) is 3.20. The number of phenols is 1. The molecular weight excluding hydrogens is 276 g/mol. The van der Waals surface area contributed by atoms with Crippen LogP contribution in [-0.2, 0) is 9.53 Å². The maximum absolute atomic E-state index is 11.2. The standard InChI is InChI=1S/C14H18N2O5/c1-14(13(18)19)8-15-12(16-14)10-4-3-9(7-11(10)17)21-6-5-20-2/h3-4,7,17H,5-6,8H2,1-2H3,(H,15,16)(H,18,19). The molecule has 0 aliphatic carbocycles. The molecule has 3 N–H and O–H groups in total. The number of aliphatic carboxylic acids is 1. The summed E-state index contributed by atoms with van der Waals surface area (Å²) in [5.74, 6) is -0.139. The minimum atomic E-state index is -1.14. The number of benzene rings is 1. The molecule has 1 heterocycles. The summed E-state index contributed by atoms with van der Waals surface area (Å²) in [7, 11) is 1.58. The van der Waals surface area contributed by atoms with Gasteiger partial charge in [0, 0.05) is 13.2 Å². The van der Waals surface area contributed by atoms with E-state index in [0.29, 0.717) is 30.4 Å². The Morgan fingerprint density at radius 2 is 2.24 bits per heavy atom. The van der Waals surface area contributed by atoms with E-state index in [-0.39, 0.29) is 12.3 Å². The maximum atomic E-state index is 11.2. The number of nitrogens with one attached hydrogen (secondary N) is 1. The van der Waals surface area contributed by atoms with Gasteiger partial charge in [0.1, 0.15) is 23.9 Å². The van der Waals surface area contributed by atoms with Crippen molar-refractivity contribution >= 4 is 11.8 Å². The third kappa shape index (κ3) is 3.25. The van der Waals surface area contributed by atoms with E-state index in [2.05, 4.69) is 10.3 Å². The highest BCUT2D eigenvalue weighted by atomic mass is 16.5. The summed E-state index contributed by atoms with van der Waals surface area (Å²) in [5.41, 5.74) is -0.700. The SMILES string of the molecule is COCCOc1ccc(C2=NCC(C)(C(=O)O)N2)c(O)c1. The van der Waals surface area contributed by atoms with Crippen molar-refractivity contribution in [2.45, 2.75) is 12.5 Å². The van der Waals surface area contributed by atoms with Crippen molar-refractivity contribution in [3.8, 4) is 11.5 Å². The Labute approximate surface area is 122 Å². The van der Waals surface area contributed by atoms with Crippen LogP contribution in [0.3, 0.4) is 0 Å². The Morgan fingerprint density at radius 1 is 1.48 bits per heavy atom. The lowest BCUT2D eigenvalue weighted by molar-refractivity contribution is -0.142. The van der Waals surface area contributed by atoms with E-state index in [1.54, 1.807) is 26.2 Å². The van der Waals surface area contributed by atoms with Crippen molar-refractivity contribution in [3.05, 3.63) is 23.8 Å². The number of rotatable bonds is 6. The van der Waals surface area contributed by atoms with Crippen LogP contribution in [0.2, 0.25) is 0 Å². The van der Waals surface area contributed by atoms with Gasteiger partial charge in [-0.2, -0.15) is 0 Å². The molecule has 1 aromatic carbocycles. The zero-order chi connectivity index (χ0) is 15.5. The molecule has 21 heavy (non-hydrogen) atoms. The molecule has 1 unspecified atom stereocenters. The first-order valence-corrected chi connectivity index (χ1v) is 6.47. The van der Waals surface area contributed by atoms with Gasteiger partial charge in [0.15, 0.2) is 5.54 Å². The van der Waals surface area contributed by atoms with Gasteiger partial charge in [0.05, 0.1) is 18.7 Å². The first-order valence-electron chi connectivity index (χ1n) is 6.47. The van der Waals surface area contributed by atoms with Crippen LogP contribution in [0.1, 0.15) is 12.5 Å². The summed E-state index contributed by atoms with van der Waals surface area (Å²) in [6.07, 6.45) is 0. The molecule has 0 fully saturated rings. The summed E-state index contributed by atoms with van der Waals surface area (Å²) >= 11 is 0. The van der Waals surface area contributed by atoms with Gasteiger partial charge in [0.25, 0.3) is 0 Å². The Kier molecular flexibility index (Phi) is 4.32. The average molecular weight is 294 g/mol. The van der Waals surface area contributed by atoms with Gasteiger partial charge in [-0.25, -0.2) is 4.79 Å².